The Morgan fingerprint density at radius 2 is 1.40 bits per heavy atom. The maximum absolute atomic E-state index is 10.8. The zero-order valence-corrected chi connectivity index (χ0v) is 7.86. The molecule has 0 spiro atoms. The maximum atomic E-state index is 10.8. The summed E-state index contributed by atoms with van der Waals surface area (Å²) in [7, 11) is 1.18. The second-order valence-electron chi connectivity index (χ2n) is 2.82. The number of carboxylic acid groups (broad SMARTS) is 1. The molecule has 8 heteroatoms. The van der Waals surface area contributed by atoms with Crippen LogP contribution in [0.3, 0.4) is 0 Å². The molecule has 0 aromatic carbocycles. The third-order valence-corrected chi connectivity index (χ3v) is 1.76. The van der Waals surface area contributed by atoms with Crippen LogP contribution in [0.4, 0.5) is 0 Å². The van der Waals surface area contributed by atoms with Gasteiger partial charge < -0.3 is 30.8 Å². The molecule has 15 heavy (non-hydrogen) atoms. The smallest absolute Gasteiger partial charge is 0.335 e. The Balaban J connectivity index is 4.49. The maximum Gasteiger partial charge on any atom is 0.335 e. The third kappa shape index (κ3) is 3.44. The predicted molar refractivity (Wildman–Crippen MR) is 45.7 cm³/mol. The van der Waals surface area contributed by atoms with E-state index in [1.807, 2.05) is 5.32 Å². The lowest BCUT2D eigenvalue weighted by atomic mass is 10.0. The molecule has 0 bridgehead atoms. The van der Waals surface area contributed by atoms with Crippen molar-refractivity contribution in [3.63, 3.8) is 0 Å². The van der Waals surface area contributed by atoms with E-state index in [0.29, 0.717) is 0 Å². The van der Waals surface area contributed by atoms with Crippen LogP contribution < -0.4 is 5.32 Å². The fraction of sp³-hybridized carbons (Fsp3) is 0.714. The summed E-state index contributed by atoms with van der Waals surface area (Å²) >= 11 is 0. The van der Waals surface area contributed by atoms with E-state index in [1.54, 1.807) is 0 Å². The third-order valence-electron chi connectivity index (χ3n) is 1.76. The van der Waals surface area contributed by atoms with Gasteiger partial charge in [-0.25, -0.2) is 4.79 Å². The highest BCUT2D eigenvalue weighted by atomic mass is 16.4. The molecule has 88 valence electrons. The SMILES string of the molecule is CNC(=O)[C@@H](O)[C@H](O)[C@@H](O)[C@@H](O)C(=O)O. The molecule has 8 nitrogen and oxygen atoms in total. The van der Waals surface area contributed by atoms with Crippen molar-refractivity contribution >= 4 is 11.9 Å². The van der Waals surface area contributed by atoms with Crippen molar-refractivity contribution in [1.82, 2.24) is 5.32 Å². The van der Waals surface area contributed by atoms with Crippen LogP contribution in [0.2, 0.25) is 0 Å². The summed E-state index contributed by atoms with van der Waals surface area (Å²) in [5, 5.41) is 46.3. The molecule has 1 amide bonds. The molecule has 0 unspecified atom stereocenters. The highest BCUT2D eigenvalue weighted by molar-refractivity contribution is 5.81. The molecule has 0 aliphatic rings. The van der Waals surface area contributed by atoms with Gasteiger partial charge in [-0.15, -0.1) is 0 Å². The van der Waals surface area contributed by atoms with Crippen molar-refractivity contribution in [1.29, 1.82) is 0 Å². The van der Waals surface area contributed by atoms with Crippen molar-refractivity contribution < 1.29 is 35.1 Å². The van der Waals surface area contributed by atoms with E-state index in [2.05, 4.69) is 0 Å². The first-order valence-corrected chi connectivity index (χ1v) is 3.99. The van der Waals surface area contributed by atoms with Crippen LogP contribution in [0.1, 0.15) is 0 Å². The van der Waals surface area contributed by atoms with Gasteiger partial charge in [-0.05, 0) is 0 Å². The van der Waals surface area contributed by atoms with Gasteiger partial charge in [-0.3, -0.25) is 4.79 Å². The van der Waals surface area contributed by atoms with Crippen LogP contribution in [-0.2, 0) is 9.59 Å². The van der Waals surface area contributed by atoms with Crippen LogP contribution >= 0.6 is 0 Å². The summed E-state index contributed by atoms with van der Waals surface area (Å²) in [5.41, 5.74) is 0. The fourth-order valence-corrected chi connectivity index (χ4v) is 0.823. The summed E-state index contributed by atoms with van der Waals surface area (Å²) in [6.45, 7) is 0. The predicted octanol–water partition coefficient (Wildman–Crippen LogP) is -3.74. The Hall–Kier alpha value is -1.22. The number of carbonyl (C=O) groups excluding carboxylic acids is 1. The minimum Gasteiger partial charge on any atom is -0.479 e. The minimum absolute atomic E-state index is 1.00. The van der Waals surface area contributed by atoms with Crippen molar-refractivity contribution in [3.05, 3.63) is 0 Å². The molecule has 0 heterocycles. The highest BCUT2D eigenvalue weighted by Crippen LogP contribution is 2.05. The van der Waals surface area contributed by atoms with E-state index >= 15 is 0 Å². The molecule has 0 aliphatic heterocycles. The van der Waals surface area contributed by atoms with Crippen LogP contribution in [-0.4, -0.2) is 68.9 Å². The molecule has 0 radical (unpaired) electrons. The van der Waals surface area contributed by atoms with Crippen LogP contribution in [0.15, 0.2) is 0 Å². The number of aliphatic hydroxyl groups excluding tert-OH is 4. The van der Waals surface area contributed by atoms with E-state index in [4.69, 9.17) is 25.5 Å². The fourth-order valence-electron chi connectivity index (χ4n) is 0.823. The average Bonchev–Trinajstić information content (AvgIpc) is 2.23. The van der Waals surface area contributed by atoms with Crippen molar-refractivity contribution in [2.75, 3.05) is 7.05 Å². The van der Waals surface area contributed by atoms with Crippen LogP contribution in [0.25, 0.3) is 0 Å². The summed E-state index contributed by atoms with van der Waals surface area (Å²) < 4.78 is 0. The van der Waals surface area contributed by atoms with Crippen LogP contribution in [0.5, 0.6) is 0 Å². The van der Waals surface area contributed by atoms with Crippen molar-refractivity contribution in [2.45, 2.75) is 24.4 Å². The lowest BCUT2D eigenvalue weighted by Crippen LogP contribution is -2.52. The second-order valence-corrected chi connectivity index (χ2v) is 2.82. The van der Waals surface area contributed by atoms with Crippen molar-refractivity contribution in [3.8, 4) is 0 Å². The number of nitrogens with one attached hydrogen (secondary N) is 1. The number of amides is 1. The topological polar surface area (TPSA) is 147 Å². The number of carbonyl (C=O) groups is 2. The minimum atomic E-state index is -2.28. The van der Waals surface area contributed by atoms with Gasteiger partial charge in [0.05, 0.1) is 0 Å². The standard InChI is InChI=1S/C7H13NO7/c1-8-6(13)4(11)2(9)3(10)5(12)7(14)15/h2-5,9-12H,1H3,(H,8,13)(H,14,15)/t2-,3-,4+,5-/m1/s1. The van der Waals surface area contributed by atoms with E-state index < -0.39 is 36.3 Å². The van der Waals surface area contributed by atoms with Gasteiger partial charge in [0.1, 0.15) is 12.2 Å². The summed E-state index contributed by atoms with van der Waals surface area (Å²) in [6.07, 6.45) is -8.54. The van der Waals surface area contributed by atoms with E-state index in [0.717, 1.165) is 0 Å². The Morgan fingerprint density at radius 1 is 1.00 bits per heavy atom. The first kappa shape index (κ1) is 13.8. The molecular formula is C7H13NO7. The Kier molecular flexibility index (Phi) is 5.15. The van der Waals surface area contributed by atoms with E-state index in [1.165, 1.54) is 7.05 Å². The first-order chi connectivity index (χ1) is 6.82. The largest absolute Gasteiger partial charge is 0.479 e. The van der Waals surface area contributed by atoms with Gasteiger partial charge in [0, 0.05) is 7.05 Å². The average molecular weight is 223 g/mol. The lowest BCUT2D eigenvalue weighted by molar-refractivity contribution is -0.166. The van der Waals surface area contributed by atoms with Gasteiger partial charge in [0.25, 0.3) is 5.91 Å². The Morgan fingerprint density at radius 3 is 1.73 bits per heavy atom. The number of aliphatic carboxylic acids is 1. The summed E-state index contributed by atoms with van der Waals surface area (Å²) in [6, 6.07) is 0. The number of rotatable bonds is 5. The molecule has 4 atom stereocenters. The van der Waals surface area contributed by atoms with Gasteiger partial charge in [-0.1, -0.05) is 0 Å². The molecular weight excluding hydrogens is 210 g/mol. The van der Waals surface area contributed by atoms with Gasteiger partial charge in [0.15, 0.2) is 12.2 Å². The normalized spacial score (nSPS) is 18.7. The molecule has 0 aliphatic carbocycles. The number of aliphatic hydroxyl groups is 4. The van der Waals surface area contributed by atoms with Gasteiger partial charge in [0.2, 0.25) is 0 Å². The quantitative estimate of drug-likeness (QED) is 0.280. The Bertz CT molecular complexity index is 243. The molecule has 0 aromatic heterocycles. The number of carboxylic acids is 1. The summed E-state index contributed by atoms with van der Waals surface area (Å²) in [5.74, 6) is -2.77. The van der Waals surface area contributed by atoms with E-state index in [-0.39, 0.29) is 0 Å². The van der Waals surface area contributed by atoms with E-state index in [9.17, 15) is 9.59 Å². The molecule has 0 fully saturated rings. The number of hydrogen-bond acceptors (Lipinski definition) is 6. The molecule has 6 N–H and O–H groups in total. The van der Waals surface area contributed by atoms with Gasteiger partial charge in [-0.2, -0.15) is 0 Å². The van der Waals surface area contributed by atoms with Crippen molar-refractivity contribution in [2.24, 2.45) is 0 Å². The van der Waals surface area contributed by atoms with Crippen LogP contribution in [0, 0.1) is 0 Å². The zero-order chi connectivity index (χ0) is 12.2. The molecule has 0 saturated carbocycles. The highest BCUT2D eigenvalue weighted by Gasteiger charge is 2.36. The monoisotopic (exact) mass is 223 g/mol. The summed E-state index contributed by atoms with van der Waals surface area (Å²) in [4.78, 5) is 21.0. The van der Waals surface area contributed by atoms with Gasteiger partial charge >= 0.3 is 5.97 Å². The number of hydrogen-bond donors (Lipinski definition) is 6. The second kappa shape index (κ2) is 5.61. The zero-order valence-electron chi connectivity index (χ0n) is 7.86. The number of likely N-dealkylation sites (N-methyl/N-ethyl adjacent to an activating group) is 1. The molecule has 0 rings (SSSR count). The Labute approximate surface area is 84.8 Å². The first-order valence-electron chi connectivity index (χ1n) is 3.99. The molecule has 0 saturated heterocycles. The molecule has 0 aromatic rings. The lowest BCUT2D eigenvalue weighted by Gasteiger charge is -2.23.